The van der Waals surface area contributed by atoms with Crippen LogP contribution in [0.5, 0.6) is 0 Å². The van der Waals surface area contributed by atoms with E-state index in [1.807, 2.05) is 18.2 Å². The number of halogens is 1. The molecule has 0 aliphatic carbocycles. The standard InChI is InChI=1S/C9H8BrNOS/c1-13(12)8-5-11-9-6(8)3-2-4-7(9)10/h2-5,11H,1H3. The first-order chi connectivity index (χ1) is 6.20. The van der Waals surface area contributed by atoms with Gasteiger partial charge in [-0.2, -0.15) is 0 Å². The Balaban J connectivity index is 2.83. The summed E-state index contributed by atoms with van der Waals surface area (Å²) >= 11 is 3.43. The predicted molar refractivity (Wildman–Crippen MR) is 58.3 cm³/mol. The molecule has 68 valence electrons. The van der Waals surface area contributed by atoms with Gasteiger partial charge >= 0.3 is 0 Å². The van der Waals surface area contributed by atoms with E-state index in [9.17, 15) is 4.21 Å². The van der Waals surface area contributed by atoms with Gasteiger partial charge in [0.1, 0.15) is 0 Å². The van der Waals surface area contributed by atoms with Gasteiger partial charge in [-0.15, -0.1) is 0 Å². The molecule has 2 rings (SSSR count). The number of rotatable bonds is 1. The number of fused-ring (bicyclic) bond motifs is 1. The van der Waals surface area contributed by atoms with Crippen molar-refractivity contribution in [1.82, 2.24) is 4.98 Å². The highest BCUT2D eigenvalue weighted by molar-refractivity contribution is 9.10. The first-order valence-electron chi connectivity index (χ1n) is 3.79. The molecule has 0 saturated carbocycles. The van der Waals surface area contributed by atoms with Crippen LogP contribution in [0.15, 0.2) is 33.8 Å². The van der Waals surface area contributed by atoms with Gasteiger partial charge in [0, 0.05) is 22.3 Å². The quantitative estimate of drug-likeness (QED) is 0.838. The second kappa shape index (κ2) is 3.27. The fourth-order valence-electron chi connectivity index (χ4n) is 1.33. The molecule has 0 aliphatic rings. The van der Waals surface area contributed by atoms with Crippen molar-refractivity contribution in [1.29, 1.82) is 0 Å². The normalized spacial score (nSPS) is 13.4. The highest BCUT2D eigenvalue weighted by Crippen LogP contribution is 2.26. The van der Waals surface area contributed by atoms with Gasteiger partial charge in [0.15, 0.2) is 0 Å². The molecule has 2 aromatic rings. The summed E-state index contributed by atoms with van der Waals surface area (Å²) in [4.78, 5) is 3.96. The monoisotopic (exact) mass is 257 g/mol. The first-order valence-corrected chi connectivity index (χ1v) is 6.14. The largest absolute Gasteiger partial charge is 0.359 e. The van der Waals surface area contributed by atoms with Crippen molar-refractivity contribution in [3.05, 3.63) is 28.9 Å². The lowest BCUT2D eigenvalue weighted by Gasteiger charge is -1.94. The molecule has 1 aromatic heterocycles. The number of hydrogen-bond acceptors (Lipinski definition) is 1. The van der Waals surface area contributed by atoms with Gasteiger partial charge in [-0.1, -0.05) is 12.1 Å². The average Bonchev–Trinajstić information content (AvgIpc) is 2.48. The molecule has 0 aliphatic heterocycles. The van der Waals surface area contributed by atoms with Gasteiger partial charge < -0.3 is 4.98 Å². The molecular weight excluding hydrogens is 250 g/mol. The van der Waals surface area contributed by atoms with E-state index >= 15 is 0 Å². The third kappa shape index (κ3) is 1.44. The molecule has 0 radical (unpaired) electrons. The minimum atomic E-state index is -0.933. The predicted octanol–water partition coefficient (Wildman–Crippen LogP) is 2.67. The minimum Gasteiger partial charge on any atom is -0.359 e. The summed E-state index contributed by atoms with van der Waals surface area (Å²) in [6.07, 6.45) is 3.48. The second-order valence-corrected chi connectivity index (χ2v) is 4.97. The number of hydrogen-bond donors (Lipinski definition) is 1. The van der Waals surface area contributed by atoms with E-state index in [2.05, 4.69) is 20.9 Å². The second-order valence-electron chi connectivity index (χ2n) is 2.77. The Hall–Kier alpha value is -0.610. The Bertz CT molecular complexity index is 477. The summed E-state index contributed by atoms with van der Waals surface area (Å²) < 4.78 is 12.3. The molecule has 0 saturated heterocycles. The fourth-order valence-corrected chi connectivity index (χ4v) is 2.51. The van der Waals surface area contributed by atoms with Crippen LogP contribution in [0, 0.1) is 0 Å². The molecule has 0 bridgehead atoms. The SMILES string of the molecule is CS(=O)c1c[nH]c2c(Br)cccc12. The number of aromatic nitrogens is 1. The maximum atomic E-state index is 11.3. The van der Waals surface area contributed by atoms with Crippen LogP contribution < -0.4 is 0 Å². The number of para-hydroxylation sites is 1. The Kier molecular flexibility index (Phi) is 2.26. The number of H-pyrrole nitrogens is 1. The summed E-state index contributed by atoms with van der Waals surface area (Å²) in [7, 11) is -0.933. The van der Waals surface area contributed by atoms with Crippen LogP contribution >= 0.6 is 15.9 Å². The summed E-state index contributed by atoms with van der Waals surface area (Å²) in [5.41, 5.74) is 1.01. The Labute approximate surface area is 86.9 Å². The van der Waals surface area contributed by atoms with Crippen molar-refractivity contribution in [3.63, 3.8) is 0 Å². The van der Waals surface area contributed by atoms with Crippen LogP contribution in [-0.2, 0) is 10.8 Å². The van der Waals surface area contributed by atoms with E-state index in [1.165, 1.54) is 0 Å². The van der Waals surface area contributed by atoms with E-state index in [0.717, 1.165) is 20.3 Å². The topological polar surface area (TPSA) is 32.9 Å². The van der Waals surface area contributed by atoms with Crippen molar-refractivity contribution in [2.45, 2.75) is 4.90 Å². The minimum absolute atomic E-state index is 0.858. The van der Waals surface area contributed by atoms with Crippen molar-refractivity contribution in [2.75, 3.05) is 6.26 Å². The third-order valence-corrected chi connectivity index (χ3v) is 3.55. The zero-order chi connectivity index (χ0) is 9.42. The van der Waals surface area contributed by atoms with Crippen molar-refractivity contribution >= 4 is 37.6 Å². The zero-order valence-corrected chi connectivity index (χ0v) is 9.41. The number of benzene rings is 1. The summed E-state index contributed by atoms with van der Waals surface area (Å²) in [5, 5.41) is 1.02. The van der Waals surface area contributed by atoms with E-state index in [-0.39, 0.29) is 0 Å². The molecule has 1 aromatic carbocycles. The van der Waals surface area contributed by atoms with Crippen LogP contribution in [0.1, 0.15) is 0 Å². The van der Waals surface area contributed by atoms with Crippen LogP contribution in [0.2, 0.25) is 0 Å². The molecule has 1 N–H and O–H groups in total. The van der Waals surface area contributed by atoms with Crippen molar-refractivity contribution in [2.24, 2.45) is 0 Å². The molecular formula is C9H8BrNOS. The Morgan fingerprint density at radius 3 is 2.92 bits per heavy atom. The number of nitrogens with one attached hydrogen (secondary N) is 1. The molecule has 1 heterocycles. The summed E-state index contributed by atoms with van der Waals surface area (Å²) in [6.45, 7) is 0. The smallest absolute Gasteiger partial charge is 0.0638 e. The van der Waals surface area contributed by atoms with Gasteiger partial charge in [0.25, 0.3) is 0 Å². The zero-order valence-electron chi connectivity index (χ0n) is 7.00. The third-order valence-electron chi connectivity index (χ3n) is 1.94. The van der Waals surface area contributed by atoms with E-state index in [1.54, 1.807) is 12.5 Å². The van der Waals surface area contributed by atoms with Gasteiger partial charge in [-0.25, -0.2) is 0 Å². The molecule has 2 nitrogen and oxygen atoms in total. The molecule has 0 spiro atoms. The van der Waals surface area contributed by atoms with Crippen LogP contribution in [0.4, 0.5) is 0 Å². The molecule has 13 heavy (non-hydrogen) atoms. The van der Waals surface area contributed by atoms with E-state index < -0.39 is 10.8 Å². The molecule has 4 heteroatoms. The molecule has 0 fully saturated rings. The summed E-state index contributed by atoms with van der Waals surface area (Å²) in [6, 6.07) is 5.87. The van der Waals surface area contributed by atoms with Crippen molar-refractivity contribution in [3.8, 4) is 0 Å². The Morgan fingerprint density at radius 1 is 1.46 bits per heavy atom. The lowest BCUT2D eigenvalue weighted by Crippen LogP contribution is -1.83. The van der Waals surface area contributed by atoms with Crippen LogP contribution in [0.25, 0.3) is 10.9 Å². The Morgan fingerprint density at radius 2 is 2.23 bits per heavy atom. The van der Waals surface area contributed by atoms with Gasteiger partial charge in [0.05, 0.1) is 21.2 Å². The maximum Gasteiger partial charge on any atom is 0.0638 e. The van der Waals surface area contributed by atoms with Crippen LogP contribution in [-0.4, -0.2) is 15.4 Å². The average molecular weight is 258 g/mol. The molecule has 1 unspecified atom stereocenters. The van der Waals surface area contributed by atoms with Gasteiger partial charge in [0.2, 0.25) is 0 Å². The lowest BCUT2D eigenvalue weighted by molar-refractivity contribution is 0.687. The van der Waals surface area contributed by atoms with Crippen molar-refractivity contribution < 1.29 is 4.21 Å². The van der Waals surface area contributed by atoms with E-state index in [0.29, 0.717) is 0 Å². The number of aromatic amines is 1. The maximum absolute atomic E-state index is 11.3. The van der Waals surface area contributed by atoms with Gasteiger partial charge in [-0.3, -0.25) is 4.21 Å². The van der Waals surface area contributed by atoms with Gasteiger partial charge in [-0.05, 0) is 22.0 Å². The van der Waals surface area contributed by atoms with Crippen LogP contribution in [0.3, 0.4) is 0 Å². The lowest BCUT2D eigenvalue weighted by atomic mass is 10.2. The highest BCUT2D eigenvalue weighted by Gasteiger charge is 2.07. The van der Waals surface area contributed by atoms with E-state index in [4.69, 9.17) is 0 Å². The first kappa shape index (κ1) is 8.97. The highest BCUT2D eigenvalue weighted by atomic mass is 79.9. The molecule has 1 atom stereocenters. The summed E-state index contributed by atoms with van der Waals surface area (Å²) in [5.74, 6) is 0. The molecule has 0 amide bonds. The fraction of sp³-hybridized carbons (Fsp3) is 0.111.